The summed E-state index contributed by atoms with van der Waals surface area (Å²) in [7, 11) is 0. The highest BCUT2D eigenvalue weighted by Gasteiger charge is 2.13. The monoisotopic (exact) mass is 387 g/mol. The Hall–Kier alpha value is -1.81. The largest absolute Gasteiger partial charge is 0.491 e. The normalized spacial score (nSPS) is 13.2. The molecule has 0 radical (unpaired) electrons. The maximum atomic E-state index is 12.0. The highest BCUT2D eigenvalue weighted by atomic mass is 79.9. The summed E-state index contributed by atoms with van der Waals surface area (Å²) in [5.74, 6) is 0.993. The first kappa shape index (κ1) is 17.0. The summed E-state index contributed by atoms with van der Waals surface area (Å²) in [5, 5.41) is 2.92. The van der Waals surface area contributed by atoms with E-state index in [4.69, 9.17) is 4.74 Å². The molecule has 3 nitrogen and oxygen atoms in total. The van der Waals surface area contributed by atoms with Gasteiger partial charge in [0.05, 0.1) is 13.0 Å². The number of rotatable bonds is 6. The van der Waals surface area contributed by atoms with Gasteiger partial charge in [0.2, 0.25) is 5.91 Å². The van der Waals surface area contributed by atoms with E-state index in [0.717, 1.165) is 28.6 Å². The fourth-order valence-electron chi connectivity index (χ4n) is 3.11. The number of hydrogen-bond donors (Lipinski definition) is 1. The maximum absolute atomic E-state index is 12.0. The lowest BCUT2D eigenvalue weighted by molar-refractivity contribution is -0.120. The summed E-state index contributed by atoms with van der Waals surface area (Å²) < 4.78 is 6.87. The Morgan fingerprint density at radius 3 is 2.79 bits per heavy atom. The van der Waals surface area contributed by atoms with Crippen molar-refractivity contribution in [2.45, 2.75) is 32.1 Å². The number of fused-ring (bicyclic) bond motifs is 1. The molecule has 0 heterocycles. The summed E-state index contributed by atoms with van der Waals surface area (Å²) in [5.41, 5.74) is 3.76. The van der Waals surface area contributed by atoms with Crippen LogP contribution in [0.1, 0.15) is 29.5 Å². The van der Waals surface area contributed by atoms with Crippen LogP contribution in [0, 0.1) is 0 Å². The number of aryl methyl sites for hydroxylation is 1. The Balaban J connectivity index is 1.46. The quantitative estimate of drug-likeness (QED) is 0.758. The molecule has 1 N–H and O–H groups in total. The van der Waals surface area contributed by atoms with E-state index in [9.17, 15) is 4.79 Å². The Labute approximate surface area is 151 Å². The van der Waals surface area contributed by atoms with Crippen LogP contribution in [0.25, 0.3) is 0 Å². The van der Waals surface area contributed by atoms with Crippen molar-refractivity contribution < 1.29 is 9.53 Å². The smallest absolute Gasteiger partial charge is 0.224 e. The molecule has 0 atom stereocenters. The Morgan fingerprint density at radius 2 is 1.92 bits per heavy atom. The topological polar surface area (TPSA) is 38.3 Å². The fourth-order valence-corrected chi connectivity index (χ4v) is 3.54. The van der Waals surface area contributed by atoms with Crippen LogP contribution < -0.4 is 10.1 Å². The fraction of sp³-hybridized carbons (Fsp3) is 0.350. The van der Waals surface area contributed by atoms with E-state index in [1.165, 1.54) is 24.0 Å². The molecule has 1 aliphatic carbocycles. The number of amides is 1. The molecule has 0 unspecified atom stereocenters. The first-order valence-corrected chi connectivity index (χ1v) is 9.27. The Kier molecular flexibility index (Phi) is 5.91. The standard InChI is InChI=1S/C20H22BrNO2/c21-18-10-4-2-7-16(18)14-20(23)22-12-13-24-19-11-5-8-15-6-1-3-9-17(15)19/h2,4-5,7-8,10-11H,1,3,6,9,12-14H2,(H,22,23). The Morgan fingerprint density at radius 1 is 1.08 bits per heavy atom. The third-order valence-electron chi connectivity index (χ3n) is 4.34. The lowest BCUT2D eigenvalue weighted by Gasteiger charge is -2.19. The summed E-state index contributed by atoms with van der Waals surface area (Å²) in [4.78, 5) is 12.0. The molecule has 0 aromatic heterocycles. The van der Waals surface area contributed by atoms with E-state index in [1.807, 2.05) is 30.3 Å². The number of nitrogens with one attached hydrogen (secondary N) is 1. The van der Waals surface area contributed by atoms with Gasteiger partial charge in [-0.05, 0) is 54.5 Å². The SMILES string of the molecule is O=C(Cc1ccccc1Br)NCCOc1cccc2c1CCCC2. The van der Waals surface area contributed by atoms with Crippen LogP contribution in [-0.2, 0) is 24.1 Å². The highest BCUT2D eigenvalue weighted by molar-refractivity contribution is 9.10. The molecule has 3 rings (SSSR count). The van der Waals surface area contributed by atoms with Crippen molar-refractivity contribution in [1.82, 2.24) is 5.32 Å². The molecule has 0 bridgehead atoms. The molecule has 1 aliphatic rings. The minimum absolute atomic E-state index is 0.0144. The van der Waals surface area contributed by atoms with Gasteiger partial charge in [-0.25, -0.2) is 0 Å². The van der Waals surface area contributed by atoms with E-state index in [0.29, 0.717) is 19.6 Å². The molecule has 126 valence electrons. The molecule has 0 saturated heterocycles. The van der Waals surface area contributed by atoms with Crippen molar-refractivity contribution in [2.75, 3.05) is 13.2 Å². The molecule has 4 heteroatoms. The molecule has 24 heavy (non-hydrogen) atoms. The summed E-state index contributed by atoms with van der Waals surface area (Å²) in [6, 6.07) is 14.1. The van der Waals surface area contributed by atoms with Crippen LogP contribution in [0.5, 0.6) is 5.75 Å². The van der Waals surface area contributed by atoms with Crippen LogP contribution in [0.3, 0.4) is 0 Å². The van der Waals surface area contributed by atoms with Gasteiger partial charge < -0.3 is 10.1 Å². The third kappa shape index (κ3) is 4.38. The number of halogens is 1. The van der Waals surface area contributed by atoms with Gasteiger partial charge in [0.1, 0.15) is 12.4 Å². The zero-order chi connectivity index (χ0) is 16.8. The van der Waals surface area contributed by atoms with Gasteiger partial charge in [0.25, 0.3) is 0 Å². The average Bonchev–Trinajstić information content (AvgIpc) is 2.61. The van der Waals surface area contributed by atoms with E-state index in [1.54, 1.807) is 0 Å². The maximum Gasteiger partial charge on any atom is 0.224 e. The second kappa shape index (κ2) is 8.34. The van der Waals surface area contributed by atoms with Crippen molar-refractivity contribution in [2.24, 2.45) is 0 Å². The minimum atomic E-state index is 0.0144. The number of hydrogen-bond acceptors (Lipinski definition) is 2. The van der Waals surface area contributed by atoms with Gasteiger partial charge in [0.15, 0.2) is 0 Å². The third-order valence-corrected chi connectivity index (χ3v) is 5.12. The van der Waals surface area contributed by atoms with Crippen molar-refractivity contribution >= 4 is 21.8 Å². The van der Waals surface area contributed by atoms with Gasteiger partial charge in [-0.3, -0.25) is 4.79 Å². The van der Waals surface area contributed by atoms with Crippen molar-refractivity contribution in [3.63, 3.8) is 0 Å². The first-order valence-electron chi connectivity index (χ1n) is 8.48. The molecule has 0 aliphatic heterocycles. The zero-order valence-electron chi connectivity index (χ0n) is 13.7. The van der Waals surface area contributed by atoms with Crippen molar-refractivity contribution in [3.8, 4) is 5.75 Å². The highest BCUT2D eigenvalue weighted by Crippen LogP contribution is 2.29. The summed E-state index contributed by atoms with van der Waals surface area (Å²) in [6.45, 7) is 1.02. The lowest BCUT2D eigenvalue weighted by atomic mass is 9.91. The van der Waals surface area contributed by atoms with Crippen LogP contribution in [0.4, 0.5) is 0 Å². The minimum Gasteiger partial charge on any atom is -0.491 e. The molecule has 2 aromatic rings. The second-order valence-corrected chi connectivity index (χ2v) is 6.92. The molecule has 2 aromatic carbocycles. The predicted molar refractivity (Wildman–Crippen MR) is 99.4 cm³/mol. The lowest BCUT2D eigenvalue weighted by Crippen LogP contribution is -2.29. The number of benzene rings is 2. The van der Waals surface area contributed by atoms with Crippen LogP contribution >= 0.6 is 15.9 Å². The van der Waals surface area contributed by atoms with Crippen molar-refractivity contribution in [1.29, 1.82) is 0 Å². The van der Waals surface area contributed by atoms with Gasteiger partial charge >= 0.3 is 0 Å². The van der Waals surface area contributed by atoms with Crippen molar-refractivity contribution in [3.05, 3.63) is 63.6 Å². The van der Waals surface area contributed by atoms with E-state index in [-0.39, 0.29) is 5.91 Å². The number of carbonyl (C=O) groups excluding carboxylic acids is 1. The van der Waals surface area contributed by atoms with E-state index < -0.39 is 0 Å². The van der Waals surface area contributed by atoms with Gasteiger partial charge in [0, 0.05) is 4.47 Å². The number of ether oxygens (including phenoxy) is 1. The predicted octanol–water partition coefficient (Wildman–Crippen LogP) is 4.07. The zero-order valence-corrected chi connectivity index (χ0v) is 15.3. The number of carbonyl (C=O) groups is 1. The first-order chi connectivity index (χ1) is 11.7. The molecular weight excluding hydrogens is 366 g/mol. The summed E-state index contributed by atoms with van der Waals surface area (Å²) >= 11 is 3.47. The van der Waals surface area contributed by atoms with Crippen LogP contribution in [-0.4, -0.2) is 19.1 Å². The Bertz CT molecular complexity index is 715. The van der Waals surface area contributed by atoms with Crippen LogP contribution in [0.2, 0.25) is 0 Å². The molecule has 0 saturated carbocycles. The second-order valence-electron chi connectivity index (χ2n) is 6.07. The molecule has 1 amide bonds. The molecule has 0 fully saturated rings. The average molecular weight is 388 g/mol. The molecular formula is C20H22BrNO2. The van der Waals surface area contributed by atoms with Gasteiger partial charge in [-0.1, -0.05) is 46.3 Å². The van der Waals surface area contributed by atoms with Gasteiger partial charge in [-0.15, -0.1) is 0 Å². The van der Waals surface area contributed by atoms with E-state index >= 15 is 0 Å². The van der Waals surface area contributed by atoms with Crippen LogP contribution in [0.15, 0.2) is 46.9 Å². The molecule has 0 spiro atoms. The summed E-state index contributed by atoms with van der Waals surface area (Å²) in [6.07, 6.45) is 5.12. The van der Waals surface area contributed by atoms with Gasteiger partial charge in [-0.2, -0.15) is 0 Å². The van der Waals surface area contributed by atoms with E-state index in [2.05, 4.69) is 33.4 Å².